The Bertz CT molecular complexity index is 1440. The van der Waals surface area contributed by atoms with E-state index in [2.05, 4.69) is 83.1 Å². The summed E-state index contributed by atoms with van der Waals surface area (Å²) in [4.78, 5) is 24.7. The molecule has 2 saturated carbocycles. The molecule has 3 aromatic rings. The molecular formula is C38H49N5O2. The molecule has 3 fully saturated rings. The molecule has 7 nitrogen and oxygen atoms in total. The van der Waals surface area contributed by atoms with Crippen LogP contribution in [0.3, 0.4) is 0 Å². The van der Waals surface area contributed by atoms with Crippen LogP contribution in [0.2, 0.25) is 0 Å². The molecule has 4 aliphatic rings. The molecule has 1 aromatic heterocycles. The third-order valence-electron chi connectivity index (χ3n) is 11.4. The van der Waals surface area contributed by atoms with Crippen LogP contribution in [0.5, 0.6) is 0 Å². The zero-order chi connectivity index (χ0) is 30.8. The molecule has 7 heteroatoms. The Kier molecular flexibility index (Phi) is 9.06. The van der Waals surface area contributed by atoms with Crippen molar-refractivity contribution in [3.05, 3.63) is 83.0 Å². The van der Waals surface area contributed by atoms with E-state index in [0.29, 0.717) is 23.8 Å². The molecule has 5 atom stereocenters. The number of aliphatic carboxylic acids is 1. The number of carboxylic acid groups (broad SMARTS) is 1. The lowest BCUT2D eigenvalue weighted by atomic mass is 9.78. The summed E-state index contributed by atoms with van der Waals surface area (Å²) in [7, 11) is 0. The summed E-state index contributed by atoms with van der Waals surface area (Å²) < 4.78 is 0. The molecule has 0 radical (unpaired) electrons. The van der Waals surface area contributed by atoms with Crippen LogP contribution in [-0.4, -0.2) is 51.1 Å². The van der Waals surface area contributed by atoms with Crippen molar-refractivity contribution in [2.24, 2.45) is 17.8 Å². The van der Waals surface area contributed by atoms with Gasteiger partial charge in [-0.3, -0.25) is 9.69 Å². The number of carbonyl (C=O) groups is 1. The minimum atomic E-state index is -0.647. The summed E-state index contributed by atoms with van der Waals surface area (Å²) in [5, 5.41) is 17.3. The second kappa shape index (κ2) is 13.5. The van der Waals surface area contributed by atoms with E-state index in [9.17, 15) is 9.90 Å². The number of benzene rings is 2. The maximum absolute atomic E-state index is 11.6. The predicted molar refractivity (Wildman–Crippen MR) is 180 cm³/mol. The van der Waals surface area contributed by atoms with Crippen LogP contribution in [0, 0.1) is 17.8 Å². The number of anilines is 2. The normalized spacial score (nSPS) is 27.4. The average molecular weight is 608 g/mol. The highest BCUT2D eigenvalue weighted by atomic mass is 16.4. The zero-order valence-corrected chi connectivity index (χ0v) is 26.7. The van der Waals surface area contributed by atoms with Crippen molar-refractivity contribution in [2.75, 3.05) is 23.7 Å². The van der Waals surface area contributed by atoms with Crippen LogP contribution in [-0.2, 0) is 17.6 Å². The van der Waals surface area contributed by atoms with Gasteiger partial charge in [0.25, 0.3) is 0 Å². The Morgan fingerprint density at radius 3 is 2.36 bits per heavy atom. The Morgan fingerprint density at radius 2 is 1.69 bits per heavy atom. The van der Waals surface area contributed by atoms with Gasteiger partial charge < -0.3 is 15.7 Å². The summed E-state index contributed by atoms with van der Waals surface area (Å²) in [5.74, 6) is 2.60. The third-order valence-corrected chi connectivity index (χ3v) is 11.4. The monoisotopic (exact) mass is 607 g/mol. The molecule has 1 aliphatic heterocycles. The van der Waals surface area contributed by atoms with Crippen LogP contribution in [0.1, 0.15) is 99.1 Å². The van der Waals surface area contributed by atoms with Crippen LogP contribution < -0.4 is 10.6 Å². The van der Waals surface area contributed by atoms with E-state index in [4.69, 9.17) is 9.97 Å². The first-order valence-electron chi connectivity index (χ1n) is 17.5. The molecule has 3 N–H and O–H groups in total. The number of aryl methyl sites for hydroxylation is 1. The van der Waals surface area contributed by atoms with Gasteiger partial charge in [0.05, 0.1) is 17.7 Å². The lowest BCUT2D eigenvalue weighted by Crippen LogP contribution is -2.38. The standard InChI is InChI=1S/C38H49N5O2/c1-2-33(28-14-16-29(17-15-28)37(44)45)40-38-41-34-20-18-30(26-9-5-3-6-10-26)22-32(34)36(42-38)39-35(27-11-7-4-8-12-27)24-43-23-25-13-19-31(43)21-25/h3-12,25,28-31,33,35H,2,13-24H2,1H3,(H,44,45)(H2,39,40,41,42)/t25?,28?,29?,30-,31?,33-,35+/m1/s1. The highest BCUT2D eigenvalue weighted by Gasteiger charge is 2.39. The number of nitrogens with one attached hydrogen (secondary N) is 2. The van der Waals surface area contributed by atoms with E-state index in [0.717, 1.165) is 69.6 Å². The van der Waals surface area contributed by atoms with Gasteiger partial charge in [0, 0.05) is 30.7 Å². The van der Waals surface area contributed by atoms with Crippen molar-refractivity contribution in [3.8, 4) is 0 Å². The fourth-order valence-electron chi connectivity index (χ4n) is 8.86. The fraction of sp³-hybridized carbons (Fsp3) is 0.553. The van der Waals surface area contributed by atoms with Gasteiger partial charge in [-0.2, -0.15) is 4.98 Å². The average Bonchev–Trinajstić information content (AvgIpc) is 3.71. The number of nitrogens with zero attached hydrogens (tertiary/aromatic N) is 3. The molecule has 2 aromatic carbocycles. The summed E-state index contributed by atoms with van der Waals surface area (Å²) in [6.07, 6.45) is 11.4. The highest BCUT2D eigenvalue weighted by Crippen LogP contribution is 2.40. The Balaban J connectivity index is 1.18. The van der Waals surface area contributed by atoms with Crippen molar-refractivity contribution in [1.29, 1.82) is 0 Å². The summed E-state index contributed by atoms with van der Waals surface area (Å²) in [6.45, 7) is 4.42. The van der Waals surface area contributed by atoms with E-state index in [1.165, 1.54) is 48.2 Å². The predicted octanol–water partition coefficient (Wildman–Crippen LogP) is 7.47. The summed E-state index contributed by atoms with van der Waals surface area (Å²) in [5.41, 5.74) is 5.13. The SMILES string of the molecule is CC[C@@H](Nc1nc2c(c(N[C@@H](CN3CC4CCC3C4)c3ccccc3)n1)C[C@H](c1ccccc1)CC2)C1CCC(C(=O)O)CC1. The fourth-order valence-corrected chi connectivity index (χ4v) is 8.86. The van der Waals surface area contributed by atoms with E-state index in [-0.39, 0.29) is 18.0 Å². The molecule has 2 unspecified atom stereocenters. The molecule has 0 spiro atoms. The van der Waals surface area contributed by atoms with E-state index < -0.39 is 5.97 Å². The zero-order valence-electron chi connectivity index (χ0n) is 26.7. The highest BCUT2D eigenvalue weighted by molar-refractivity contribution is 5.70. The second-order valence-corrected chi connectivity index (χ2v) is 14.2. The van der Waals surface area contributed by atoms with E-state index in [1.807, 2.05) is 0 Å². The summed E-state index contributed by atoms with van der Waals surface area (Å²) >= 11 is 0. The number of likely N-dealkylation sites (tertiary alicyclic amines) is 1. The number of hydrogen-bond donors (Lipinski definition) is 3. The molecule has 3 aliphatic carbocycles. The molecule has 2 heterocycles. The number of piperidine rings is 1. The first kappa shape index (κ1) is 30.2. The van der Waals surface area contributed by atoms with Gasteiger partial charge in [0.1, 0.15) is 5.82 Å². The van der Waals surface area contributed by atoms with Gasteiger partial charge in [-0.1, -0.05) is 67.6 Å². The third kappa shape index (κ3) is 6.74. The second-order valence-electron chi connectivity index (χ2n) is 14.2. The number of carboxylic acids is 1. The van der Waals surface area contributed by atoms with Crippen LogP contribution in [0.4, 0.5) is 11.8 Å². The van der Waals surface area contributed by atoms with Crippen molar-refractivity contribution < 1.29 is 9.90 Å². The van der Waals surface area contributed by atoms with Gasteiger partial charge in [-0.15, -0.1) is 0 Å². The molecule has 0 amide bonds. The minimum Gasteiger partial charge on any atom is -0.481 e. The van der Waals surface area contributed by atoms with Gasteiger partial charge >= 0.3 is 5.97 Å². The van der Waals surface area contributed by atoms with Gasteiger partial charge in [-0.05, 0) is 99.5 Å². The number of aromatic nitrogens is 2. The Morgan fingerprint density at radius 1 is 0.933 bits per heavy atom. The maximum atomic E-state index is 11.6. The topological polar surface area (TPSA) is 90.4 Å². The van der Waals surface area contributed by atoms with Crippen molar-refractivity contribution in [2.45, 2.75) is 102 Å². The van der Waals surface area contributed by atoms with E-state index >= 15 is 0 Å². The van der Waals surface area contributed by atoms with Gasteiger partial charge in [0.15, 0.2) is 0 Å². The van der Waals surface area contributed by atoms with Crippen molar-refractivity contribution in [3.63, 3.8) is 0 Å². The van der Waals surface area contributed by atoms with E-state index in [1.54, 1.807) is 0 Å². The van der Waals surface area contributed by atoms with Crippen LogP contribution in [0.15, 0.2) is 60.7 Å². The molecule has 1 saturated heterocycles. The maximum Gasteiger partial charge on any atom is 0.306 e. The molecular weight excluding hydrogens is 558 g/mol. The number of fused-ring (bicyclic) bond motifs is 3. The Labute approximate surface area is 268 Å². The van der Waals surface area contributed by atoms with Crippen LogP contribution >= 0.6 is 0 Å². The molecule has 2 bridgehead atoms. The minimum absolute atomic E-state index is 0.141. The Hall–Kier alpha value is -3.45. The van der Waals surface area contributed by atoms with Crippen molar-refractivity contribution >= 4 is 17.7 Å². The lowest BCUT2D eigenvalue weighted by molar-refractivity contribution is -0.143. The first-order valence-corrected chi connectivity index (χ1v) is 17.5. The smallest absolute Gasteiger partial charge is 0.306 e. The lowest BCUT2D eigenvalue weighted by Gasteiger charge is -2.34. The van der Waals surface area contributed by atoms with Crippen LogP contribution in [0.25, 0.3) is 0 Å². The summed E-state index contributed by atoms with van der Waals surface area (Å²) in [6, 6.07) is 22.9. The first-order chi connectivity index (χ1) is 22.0. The quantitative estimate of drug-likeness (QED) is 0.208. The molecule has 238 valence electrons. The molecule has 45 heavy (non-hydrogen) atoms. The van der Waals surface area contributed by atoms with Gasteiger partial charge in [-0.25, -0.2) is 4.98 Å². The van der Waals surface area contributed by atoms with Gasteiger partial charge in [0.2, 0.25) is 5.95 Å². The number of rotatable bonds is 11. The number of hydrogen-bond acceptors (Lipinski definition) is 6. The van der Waals surface area contributed by atoms with Crippen molar-refractivity contribution in [1.82, 2.24) is 14.9 Å². The molecule has 7 rings (SSSR count). The largest absolute Gasteiger partial charge is 0.481 e.